The molecule has 2 amide bonds. The first-order chi connectivity index (χ1) is 9.09. The van der Waals surface area contributed by atoms with Crippen LogP contribution in [0.2, 0.25) is 0 Å². The number of thiophene rings is 1. The second kappa shape index (κ2) is 8.66. The third kappa shape index (κ3) is 6.93. The number of nitrogens with one attached hydrogen (secondary N) is 2. The Morgan fingerprint density at radius 2 is 2.21 bits per heavy atom. The molecule has 106 valence electrons. The summed E-state index contributed by atoms with van der Waals surface area (Å²) in [6, 6.07) is 3.60. The van der Waals surface area contributed by atoms with E-state index in [2.05, 4.69) is 10.8 Å². The summed E-state index contributed by atoms with van der Waals surface area (Å²) in [4.78, 5) is 28.6. The molecule has 0 bridgehead atoms. The summed E-state index contributed by atoms with van der Waals surface area (Å²) in [5.74, 6) is 0.128. The molecule has 6 heteroatoms. The SMILES string of the molecule is CC(C)CONC(=O)CCCNC(=O)c1cccs1. The molecule has 0 radical (unpaired) electrons. The number of amides is 2. The number of hydrogen-bond donors (Lipinski definition) is 2. The number of carbonyl (C=O) groups excluding carboxylic acids is 2. The van der Waals surface area contributed by atoms with Crippen LogP contribution in [0.3, 0.4) is 0 Å². The van der Waals surface area contributed by atoms with Gasteiger partial charge in [0.2, 0.25) is 5.91 Å². The zero-order chi connectivity index (χ0) is 14.1. The molecular formula is C13H20N2O3S. The fourth-order valence-electron chi connectivity index (χ4n) is 1.29. The molecule has 0 saturated carbocycles. The Balaban J connectivity index is 2.04. The molecule has 0 atom stereocenters. The molecule has 0 spiro atoms. The molecule has 1 aromatic rings. The normalized spacial score (nSPS) is 10.5. The summed E-state index contributed by atoms with van der Waals surface area (Å²) in [6.45, 7) is 4.99. The van der Waals surface area contributed by atoms with Gasteiger partial charge in [-0.15, -0.1) is 11.3 Å². The van der Waals surface area contributed by atoms with E-state index >= 15 is 0 Å². The van der Waals surface area contributed by atoms with Crippen molar-refractivity contribution in [1.29, 1.82) is 0 Å². The summed E-state index contributed by atoms with van der Waals surface area (Å²) in [5, 5.41) is 4.62. The van der Waals surface area contributed by atoms with Crippen LogP contribution in [0, 0.1) is 5.92 Å². The predicted molar refractivity (Wildman–Crippen MR) is 74.8 cm³/mol. The van der Waals surface area contributed by atoms with Crippen molar-refractivity contribution in [2.75, 3.05) is 13.2 Å². The molecule has 1 aromatic heterocycles. The third-order valence-electron chi connectivity index (χ3n) is 2.21. The Labute approximate surface area is 117 Å². The molecule has 0 saturated heterocycles. The van der Waals surface area contributed by atoms with Crippen molar-refractivity contribution in [1.82, 2.24) is 10.8 Å². The molecule has 0 aliphatic rings. The predicted octanol–water partition coefficient (Wildman–Crippen LogP) is 1.96. The van der Waals surface area contributed by atoms with Gasteiger partial charge in [0, 0.05) is 13.0 Å². The van der Waals surface area contributed by atoms with Gasteiger partial charge in [0.15, 0.2) is 0 Å². The van der Waals surface area contributed by atoms with E-state index in [4.69, 9.17) is 4.84 Å². The van der Waals surface area contributed by atoms with Gasteiger partial charge in [-0.25, -0.2) is 5.48 Å². The van der Waals surface area contributed by atoms with Crippen molar-refractivity contribution in [2.24, 2.45) is 5.92 Å². The van der Waals surface area contributed by atoms with Crippen molar-refractivity contribution in [3.05, 3.63) is 22.4 Å². The Morgan fingerprint density at radius 3 is 2.84 bits per heavy atom. The van der Waals surface area contributed by atoms with Gasteiger partial charge < -0.3 is 5.32 Å². The maximum absolute atomic E-state index is 11.6. The third-order valence-corrected chi connectivity index (χ3v) is 3.08. The van der Waals surface area contributed by atoms with E-state index in [0.29, 0.717) is 36.8 Å². The van der Waals surface area contributed by atoms with Crippen LogP contribution in [0.5, 0.6) is 0 Å². The first-order valence-electron chi connectivity index (χ1n) is 6.32. The molecule has 0 aliphatic carbocycles. The highest BCUT2D eigenvalue weighted by atomic mass is 32.1. The highest BCUT2D eigenvalue weighted by molar-refractivity contribution is 7.12. The zero-order valence-corrected chi connectivity index (χ0v) is 12.1. The Hall–Kier alpha value is -1.40. The van der Waals surface area contributed by atoms with E-state index in [1.165, 1.54) is 11.3 Å². The van der Waals surface area contributed by atoms with Crippen LogP contribution in [0.4, 0.5) is 0 Å². The van der Waals surface area contributed by atoms with Gasteiger partial charge in [-0.3, -0.25) is 14.4 Å². The summed E-state index contributed by atoms with van der Waals surface area (Å²) in [7, 11) is 0. The monoisotopic (exact) mass is 284 g/mol. The van der Waals surface area contributed by atoms with Gasteiger partial charge in [0.25, 0.3) is 5.91 Å². The lowest BCUT2D eigenvalue weighted by Crippen LogP contribution is -2.28. The molecule has 19 heavy (non-hydrogen) atoms. The minimum absolute atomic E-state index is 0.0912. The van der Waals surface area contributed by atoms with Gasteiger partial charge >= 0.3 is 0 Å². The molecule has 0 aliphatic heterocycles. The van der Waals surface area contributed by atoms with Crippen molar-refractivity contribution in [2.45, 2.75) is 26.7 Å². The Morgan fingerprint density at radius 1 is 1.42 bits per heavy atom. The second-order valence-corrected chi connectivity index (χ2v) is 5.51. The minimum atomic E-state index is -0.161. The van der Waals surface area contributed by atoms with Gasteiger partial charge in [0.1, 0.15) is 0 Å². The number of carbonyl (C=O) groups is 2. The lowest BCUT2D eigenvalue weighted by atomic mass is 10.2. The van der Waals surface area contributed by atoms with Crippen LogP contribution < -0.4 is 10.8 Å². The highest BCUT2D eigenvalue weighted by Gasteiger charge is 2.06. The maximum Gasteiger partial charge on any atom is 0.261 e. The maximum atomic E-state index is 11.6. The fraction of sp³-hybridized carbons (Fsp3) is 0.538. The fourth-order valence-corrected chi connectivity index (χ4v) is 1.93. The number of hydrogen-bond acceptors (Lipinski definition) is 4. The van der Waals surface area contributed by atoms with Crippen LogP contribution >= 0.6 is 11.3 Å². The first-order valence-corrected chi connectivity index (χ1v) is 7.20. The van der Waals surface area contributed by atoms with Gasteiger partial charge in [0.05, 0.1) is 11.5 Å². The molecule has 5 nitrogen and oxygen atoms in total. The van der Waals surface area contributed by atoms with E-state index < -0.39 is 0 Å². The van der Waals surface area contributed by atoms with E-state index in [1.54, 1.807) is 6.07 Å². The number of hydroxylamine groups is 1. The van der Waals surface area contributed by atoms with Gasteiger partial charge in [-0.2, -0.15) is 0 Å². The van der Waals surface area contributed by atoms with Crippen molar-refractivity contribution in [3.63, 3.8) is 0 Å². The lowest BCUT2D eigenvalue weighted by Gasteiger charge is -2.08. The van der Waals surface area contributed by atoms with Crippen LogP contribution in [0.15, 0.2) is 17.5 Å². The van der Waals surface area contributed by atoms with E-state index in [-0.39, 0.29) is 11.8 Å². The van der Waals surface area contributed by atoms with E-state index in [1.807, 2.05) is 25.3 Å². The summed E-state index contributed by atoms with van der Waals surface area (Å²) >= 11 is 1.40. The van der Waals surface area contributed by atoms with Crippen LogP contribution in [0.25, 0.3) is 0 Å². The smallest absolute Gasteiger partial charge is 0.261 e. The second-order valence-electron chi connectivity index (χ2n) is 4.57. The summed E-state index contributed by atoms with van der Waals surface area (Å²) in [5.41, 5.74) is 2.38. The average Bonchev–Trinajstić information content (AvgIpc) is 2.87. The largest absolute Gasteiger partial charge is 0.351 e. The van der Waals surface area contributed by atoms with Crippen molar-refractivity contribution in [3.8, 4) is 0 Å². The molecule has 2 N–H and O–H groups in total. The molecule has 0 aromatic carbocycles. The van der Waals surface area contributed by atoms with Gasteiger partial charge in [-0.05, 0) is 23.8 Å². The zero-order valence-electron chi connectivity index (χ0n) is 11.3. The quantitative estimate of drug-likeness (QED) is 0.566. The summed E-state index contributed by atoms with van der Waals surface area (Å²) < 4.78 is 0. The van der Waals surface area contributed by atoms with Gasteiger partial charge in [-0.1, -0.05) is 19.9 Å². The number of rotatable bonds is 8. The van der Waals surface area contributed by atoms with Crippen LogP contribution in [-0.4, -0.2) is 25.0 Å². The first kappa shape index (κ1) is 15.7. The lowest BCUT2D eigenvalue weighted by molar-refractivity contribution is -0.134. The Bertz CT molecular complexity index is 391. The summed E-state index contributed by atoms with van der Waals surface area (Å²) in [6.07, 6.45) is 0.927. The minimum Gasteiger partial charge on any atom is -0.351 e. The molecule has 0 unspecified atom stereocenters. The molecule has 0 fully saturated rings. The molecular weight excluding hydrogens is 264 g/mol. The van der Waals surface area contributed by atoms with Crippen LogP contribution in [-0.2, 0) is 9.63 Å². The van der Waals surface area contributed by atoms with E-state index in [0.717, 1.165) is 0 Å². The average molecular weight is 284 g/mol. The van der Waals surface area contributed by atoms with E-state index in [9.17, 15) is 9.59 Å². The standard InChI is InChI=1S/C13H20N2O3S/c1-10(2)9-18-15-12(16)6-3-7-14-13(17)11-5-4-8-19-11/h4-5,8,10H,3,6-7,9H2,1-2H3,(H,14,17)(H,15,16). The highest BCUT2D eigenvalue weighted by Crippen LogP contribution is 2.07. The topological polar surface area (TPSA) is 67.4 Å². The van der Waals surface area contributed by atoms with Crippen LogP contribution in [0.1, 0.15) is 36.4 Å². The molecule has 1 heterocycles. The van der Waals surface area contributed by atoms with Crippen molar-refractivity contribution < 1.29 is 14.4 Å². The van der Waals surface area contributed by atoms with Crippen molar-refractivity contribution >= 4 is 23.2 Å². The Kier molecular flexibility index (Phi) is 7.14. The molecule has 1 rings (SSSR count).